The highest BCUT2D eigenvalue weighted by atomic mass is 35.5. The highest BCUT2D eigenvalue weighted by Gasteiger charge is 2.13. The lowest BCUT2D eigenvalue weighted by molar-refractivity contribution is -0.111. The number of aromatic amines is 1. The average Bonchev–Trinajstić information content (AvgIpc) is 3.23. The monoisotopic (exact) mass is 430 g/mol. The Kier molecular flexibility index (Phi) is 5.82. The molecule has 0 atom stereocenters. The summed E-state index contributed by atoms with van der Waals surface area (Å²) in [5.41, 5.74) is 3.79. The van der Waals surface area contributed by atoms with E-state index in [4.69, 9.17) is 11.6 Å². The second-order valence-electron chi connectivity index (χ2n) is 6.97. The SMILES string of the molecule is C/C(=C\C(=O)Nc1ccc(Cl)c(C(=O)Nc2cnc3[nH]ccc3c2)c1)c1ccccc1. The van der Waals surface area contributed by atoms with E-state index in [0.29, 0.717) is 11.4 Å². The van der Waals surface area contributed by atoms with E-state index in [9.17, 15) is 9.59 Å². The van der Waals surface area contributed by atoms with Crippen molar-refractivity contribution in [3.8, 4) is 0 Å². The number of carbonyl (C=O) groups excluding carboxylic acids is 2. The number of anilines is 2. The number of amides is 2. The lowest BCUT2D eigenvalue weighted by Gasteiger charge is -2.10. The van der Waals surface area contributed by atoms with Gasteiger partial charge in [-0.1, -0.05) is 41.9 Å². The minimum Gasteiger partial charge on any atom is -0.346 e. The third kappa shape index (κ3) is 4.82. The second kappa shape index (κ2) is 8.85. The topological polar surface area (TPSA) is 86.9 Å². The summed E-state index contributed by atoms with van der Waals surface area (Å²) < 4.78 is 0. The van der Waals surface area contributed by atoms with Crippen LogP contribution in [0.5, 0.6) is 0 Å². The average molecular weight is 431 g/mol. The van der Waals surface area contributed by atoms with E-state index in [1.807, 2.05) is 49.4 Å². The van der Waals surface area contributed by atoms with Crippen LogP contribution in [-0.4, -0.2) is 21.8 Å². The molecular weight excluding hydrogens is 412 g/mol. The molecule has 0 aliphatic rings. The van der Waals surface area contributed by atoms with Gasteiger partial charge in [-0.2, -0.15) is 0 Å². The van der Waals surface area contributed by atoms with Crippen LogP contribution in [0.2, 0.25) is 5.02 Å². The summed E-state index contributed by atoms with van der Waals surface area (Å²) in [7, 11) is 0. The summed E-state index contributed by atoms with van der Waals surface area (Å²) >= 11 is 6.23. The molecule has 0 unspecified atom stereocenters. The van der Waals surface area contributed by atoms with Gasteiger partial charge >= 0.3 is 0 Å². The minimum atomic E-state index is -0.395. The molecule has 2 heterocycles. The van der Waals surface area contributed by atoms with Crippen molar-refractivity contribution in [1.82, 2.24) is 9.97 Å². The molecule has 4 aromatic rings. The Hall–Kier alpha value is -3.90. The van der Waals surface area contributed by atoms with E-state index in [2.05, 4.69) is 20.6 Å². The molecule has 7 heteroatoms. The van der Waals surface area contributed by atoms with Gasteiger partial charge in [0.1, 0.15) is 5.65 Å². The van der Waals surface area contributed by atoms with Crippen molar-refractivity contribution in [3.63, 3.8) is 0 Å². The minimum absolute atomic E-state index is 0.248. The Morgan fingerprint density at radius 3 is 2.61 bits per heavy atom. The molecule has 0 saturated heterocycles. The molecule has 6 nitrogen and oxygen atoms in total. The Bertz CT molecular complexity index is 1300. The maximum atomic E-state index is 12.8. The van der Waals surface area contributed by atoms with Crippen molar-refractivity contribution in [2.75, 3.05) is 10.6 Å². The first kappa shape index (κ1) is 20.4. The zero-order valence-corrected chi connectivity index (χ0v) is 17.4. The van der Waals surface area contributed by atoms with Crippen LogP contribution in [0.1, 0.15) is 22.8 Å². The molecule has 3 N–H and O–H groups in total. The summed E-state index contributed by atoms with van der Waals surface area (Å²) in [4.78, 5) is 32.4. The number of hydrogen-bond acceptors (Lipinski definition) is 3. The molecule has 0 saturated carbocycles. The van der Waals surface area contributed by atoms with E-state index in [1.165, 1.54) is 6.08 Å². The molecule has 2 aromatic heterocycles. The van der Waals surface area contributed by atoms with Gasteiger partial charge in [-0.05, 0) is 48.4 Å². The number of nitrogens with zero attached hydrogens (tertiary/aromatic N) is 1. The molecule has 4 rings (SSSR count). The smallest absolute Gasteiger partial charge is 0.257 e. The molecule has 0 fully saturated rings. The summed E-state index contributed by atoms with van der Waals surface area (Å²) in [6.07, 6.45) is 4.86. The van der Waals surface area contributed by atoms with Crippen LogP contribution in [0, 0.1) is 0 Å². The normalized spacial score (nSPS) is 11.4. The Morgan fingerprint density at radius 1 is 1.00 bits per heavy atom. The van der Waals surface area contributed by atoms with Crippen LogP contribution in [-0.2, 0) is 4.79 Å². The maximum Gasteiger partial charge on any atom is 0.257 e. The van der Waals surface area contributed by atoms with Gasteiger partial charge in [0.05, 0.1) is 22.5 Å². The number of fused-ring (bicyclic) bond motifs is 1. The number of halogens is 1. The highest BCUT2D eigenvalue weighted by molar-refractivity contribution is 6.34. The van der Waals surface area contributed by atoms with Gasteiger partial charge in [-0.15, -0.1) is 0 Å². The number of hydrogen-bond donors (Lipinski definition) is 3. The maximum absolute atomic E-state index is 12.8. The number of carbonyl (C=O) groups is 2. The van der Waals surface area contributed by atoms with Crippen molar-refractivity contribution in [3.05, 3.63) is 95.3 Å². The number of rotatable bonds is 5. The first-order chi connectivity index (χ1) is 15.0. The van der Waals surface area contributed by atoms with Gasteiger partial charge in [0, 0.05) is 23.3 Å². The zero-order chi connectivity index (χ0) is 21.8. The van der Waals surface area contributed by atoms with Gasteiger partial charge < -0.3 is 15.6 Å². The summed E-state index contributed by atoms with van der Waals surface area (Å²) in [6, 6.07) is 18.1. The predicted octanol–water partition coefficient (Wildman–Crippen LogP) is 5.51. The number of benzene rings is 2. The second-order valence-corrected chi connectivity index (χ2v) is 7.38. The van der Waals surface area contributed by atoms with Crippen LogP contribution >= 0.6 is 11.6 Å². The number of H-pyrrole nitrogens is 1. The van der Waals surface area contributed by atoms with Gasteiger partial charge in [0.15, 0.2) is 0 Å². The van der Waals surface area contributed by atoms with E-state index < -0.39 is 5.91 Å². The van der Waals surface area contributed by atoms with Crippen LogP contribution in [0.15, 0.2) is 79.1 Å². The van der Waals surface area contributed by atoms with Crippen molar-refractivity contribution >= 4 is 51.4 Å². The number of allylic oxidation sites excluding steroid dienone is 1. The number of aromatic nitrogens is 2. The molecule has 0 radical (unpaired) electrons. The fourth-order valence-electron chi connectivity index (χ4n) is 3.14. The van der Waals surface area contributed by atoms with E-state index >= 15 is 0 Å². The summed E-state index contributed by atoms with van der Waals surface area (Å²) in [6.45, 7) is 1.87. The van der Waals surface area contributed by atoms with E-state index in [0.717, 1.165) is 22.2 Å². The Labute approximate surface area is 184 Å². The highest BCUT2D eigenvalue weighted by Crippen LogP contribution is 2.23. The first-order valence-corrected chi connectivity index (χ1v) is 9.96. The molecule has 154 valence electrons. The van der Waals surface area contributed by atoms with Gasteiger partial charge in [0.25, 0.3) is 5.91 Å². The van der Waals surface area contributed by atoms with Crippen molar-refractivity contribution in [1.29, 1.82) is 0 Å². The zero-order valence-electron chi connectivity index (χ0n) is 16.6. The molecular formula is C24H19ClN4O2. The lowest BCUT2D eigenvalue weighted by atomic mass is 10.1. The standard InChI is InChI=1S/C24H19ClN4O2/c1-15(16-5-3-2-4-6-16)11-22(30)28-18-7-8-21(25)20(13-18)24(31)29-19-12-17-9-10-26-23(17)27-14-19/h2-14H,1H3,(H,26,27)(H,28,30)(H,29,31)/b15-11+. The molecule has 2 aromatic carbocycles. The molecule has 0 spiro atoms. The molecule has 0 aliphatic heterocycles. The molecule has 31 heavy (non-hydrogen) atoms. The third-order valence-corrected chi connectivity index (χ3v) is 5.04. The van der Waals surface area contributed by atoms with Crippen LogP contribution in [0.4, 0.5) is 11.4 Å². The van der Waals surface area contributed by atoms with E-state index in [-0.39, 0.29) is 16.5 Å². The van der Waals surface area contributed by atoms with Crippen LogP contribution < -0.4 is 10.6 Å². The summed E-state index contributed by atoms with van der Waals surface area (Å²) in [5, 5.41) is 6.73. The van der Waals surface area contributed by atoms with Crippen LogP contribution in [0.3, 0.4) is 0 Å². The summed E-state index contributed by atoms with van der Waals surface area (Å²) in [5.74, 6) is -0.689. The lowest BCUT2D eigenvalue weighted by Crippen LogP contribution is -2.14. The molecule has 2 amide bonds. The number of pyridine rings is 1. The van der Waals surface area contributed by atoms with Gasteiger partial charge in [-0.3, -0.25) is 9.59 Å². The molecule has 0 bridgehead atoms. The first-order valence-electron chi connectivity index (χ1n) is 9.58. The van der Waals surface area contributed by atoms with E-state index in [1.54, 1.807) is 30.6 Å². The predicted molar refractivity (Wildman–Crippen MR) is 124 cm³/mol. The fourth-order valence-corrected chi connectivity index (χ4v) is 3.35. The molecule has 0 aliphatic carbocycles. The van der Waals surface area contributed by atoms with Crippen molar-refractivity contribution < 1.29 is 9.59 Å². The van der Waals surface area contributed by atoms with Crippen molar-refractivity contribution in [2.24, 2.45) is 0 Å². The Balaban J connectivity index is 1.49. The third-order valence-electron chi connectivity index (χ3n) is 4.71. The van der Waals surface area contributed by atoms with Gasteiger partial charge in [-0.25, -0.2) is 4.98 Å². The Morgan fingerprint density at radius 2 is 1.81 bits per heavy atom. The largest absolute Gasteiger partial charge is 0.346 e. The van der Waals surface area contributed by atoms with Crippen molar-refractivity contribution in [2.45, 2.75) is 6.92 Å². The fraction of sp³-hybridized carbons (Fsp3) is 0.0417. The van der Waals surface area contributed by atoms with Crippen LogP contribution in [0.25, 0.3) is 16.6 Å². The number of nitrogens with one attached hydrogen (secondary N) is 3. The quantitative estimate of drug-likeness (QED) is 0.365. The van der Waals surface area contributed by atoms with Gasteiger partial charge in [0.2, 0.25) is 5.91 Å².